The zero-order valence-corrected chi connectivity index (χ0v) is 16.3. The molecule has 1 N–H and O–H groups in total. The number of carbonyl (C=O) groups excluding carboxylic acids is 2. The van der Waals surface area contributed by atoms with Crippen LogP contribution in [0.15, 0.2) is 18.2 Å². The molecular formula is C19H18ClF5N2O3. The van der Waals surface area contributed by atoms with Gasteiger partial charge in [-0.3, -0.25) is 4.79 Å². The summed E-state index contributed by atoms with van der Waals surface area (Å²) >= 11 is 5.55. The van der Waals surface area contributed by atoms with Crippen molar-refractivity contribution in [3.8, 4) is 0 Å². The van der Waals surface area contributed by atoms with E-state index >= 15 is 0 Å². The second kappa shape index (κ2) is 6.96. The molecule has 1 aromatic rings. The Morgan fingerprint density at radius 2 is 1.90 bits per heavy atom. The van der Waals surface area contributed by atoms with Gasteiger partial charge in [-0.15, -0.1) is 0 Å². The summed E-state index contributed by atoms with van der Waals surface area (Å²) in [6, 6.07) is 1.94. The van der Waals surface area contributed by atoms with Gasteiger partial charge in [0.25, 0.3) is 5.92 Å². The first-order valence-electron chi connectivity index (χ1n) is 9.37. The molecule has 0 radical (unpaired) electrons. The second-order valence-corrected chi connectivity index (χ2v) is 8.70. The molecule has 0 bridgehead atoms. The Morgan fingerprint density at radius 1 is 1.23 bits per heavy atom. The van der Waals surface area contributed by atoms with Crippen LogP contribution in [0.25, 0.3) is 0 Å². The molecule has 1 spiro atoms. The van der Waals surface area contributed by atoms with E-state index in [0.29, 0.717) is 25.0 Å². The van der Waals surface area contributed by atoms with Gasteiger partial charge in [-0.05, 0) is 25.0 Å². The molecule has 0 atom stereocenters. The minimum Gasteiger partial charge on any atom is -0.447 e. The van der Waals surface area contributed by atoms with Crippen LogP contribution >= 0.6 is 11.6 Å². The summed E-state index contributed by atoms with van der Waals surface area (Å²) in [6.45, 7) is 0.546. The molecule has 0 unspecified atom stereocenters. The fourth-order valence-corrected chi connectivity index (χ4v) is 4.65. The molecule has 11 heteroatoms. The number of alkyl halides is 5. The van der Waals surface area contributed by atoms with Crippen molar-refractivity contribution in [2.75, 3.05) is 19.7 Å². The first-order chi connectivity index (χ1) is 13.9. The Hall–Kier alpha value is -2.10. The lowest BCUT2D eigenvalue weighted by Gasteiger charge is -2.48. The van der Waals surface area contributed by atoms with E-state index in [0.717, 1.165) is 6.07 Å². The normalized spacial score (nSPS) is 26.8. The van der Waals surface area contributed by atoms with Gasteiger partial charge in [0.2, 0.25) is 5.91 Å². The number of ether oxygens (including phenoxy) is 1. The molecular weight excluding hydrogens is 435 g/mol. The number of nitrogens with zero attached hydrogens (tertiary/aromatic N) is 1. The number of rotatable bonds is 4. The summed E-state index contributed by atoms with van der Waals surface area (Å²) in [6.07, 6.45) is -4.89. The van der Waals surface area contributed by atoms with Crippen molar-refractivity contribution in [1.29, 1.82) is 0 Å². The number of carbonyl (C=O) groups is 2. The highest BCUT2D eigenvalue weighted by molar-refractivity contribution is 6.31. The Labute approximate surface area is 173 Å². The SMILES string of the molecule is O=C1NC2(CO1)CC(C(=O)N1CC(CC(F)(F)c3ccc(C(F)(F)F)c(Cl)c3)C1)C2. The van der Waals surface area contributed by atoms with E-state index < -0.39 is 52.2 Å². The molecule has 1 aromatic carbocycles. The van der Waals surface area contributed by atoms with Crippen molar-refractivity contribution in [1.82, 2.24) is 10.2 Å². The Balaban J connectivity index is 1.30. The minimum atomic E-state index is -4.72. The summed E-state index contributed by atoms with van der Waals surface area (Å²) in [7, 11) is 0. The monoisotopic (exact) mass is 452 g/mol. The number of benzene rings is 1. The highest BCUT2D eigenvalue weighted by Gasteiger charge is 2.54. The van der Waals surface area contributed by atoms with Gasteiger partial charge in [0.05, 0.1) is 16.1 Å². The van der Waals surface area contributed by atoms with Crippen molar-refractivity contribution in [2.45, 2.75) is 36.9 Å². The lowest BCUT2D eigenvalue weighted by Crippen LogP contribution is -2.61. The van der Waals surface area contributed by atoms with E-state index in [1.165, 1.54) is 4.90 Å². The number of alkyl carbamates (subject to hydrolysis) is 1. The van der Waals surface area contributed by atoms with Gasteiger partial charge in [-0.2, -0.15) is 13.2 Å². The molecule has 0 aromatic heterocycles. The fourth-order valence-electron chi connectivity index (χ4n) is 4.36. The van der Waals surface area contributed by atoms with Crippen LogP contribution in [0.5, 0.6) is 0 Å². The van der Waals surface area contributed by atoms with Crippen molar-refractivity contribution in [3.63, 3.8) is 0 Å². The maximum Gasteiger partial charge on any atom is 0.417 e. The van der Waals surface area contributed by atoms with E-state index in [9.17, 15) is 31.5 Å². The number of hydrogen-bond donors (Lipinski definition) is 1. The van der Waals surface area contributed by atoms with E-state index in [1.807, 2.05) is 0 Å². The Kier molecular flexibility index (Phi) is 4.91. The zero-order chi connectivity index (χ0) is 21.9. The molecule has 1 aliphatic carbocycles. The average Bonchev–Trinajstić information content (AvgIpc) is 2.97. The molecule has 30 heavy (non-hydrogen) atoms. The van der Waals surface area contributed by atoms with Crippen molar-refractivity contribution < 1.29 is 36.3 Å². The number of cyclic esters (lactones) is 1. The minimum absolute atomic E-state index is 0.140. The summed E-state index contributed by atoms with van der Waals surface area (Å²) in [5.74, 6) is -4.24. The van der Waals surface area contributed by atoms with Gasteiger partial charge < -0.3 is 15.0 Å². The maximum atomic E-state index is 14.5. The third-order valence-electron chi connectivity index (χ3n) is 5.98. The topological polar surface area (TPSA) is 58.6 Å². The number of likely N-dealkylation sites (tertiary alicyclic amines) is 1. The van der Waals surface area contributed by atoms with E-state index in [2.05, 4.69) is 5.32 Å². The smallest absolute Gasteiger partial charge is 0.417 e. The Morgan fingerprint density at radius 3 is 2.43 bits per heavy atom. The van der Waals surface area contributed by atoms with Crippen molar-refractivity contribution >= 4 is 23.6 Å². The summed E-state index contributed by atoms with van der Waals surface area (Å²) < 4.78 is 72.2. The Bertz CT molecular complexity index is 879. The van der Waals surface area contributed by atoms with Gasteiger partial charge in [0.15, 0.2) is 0 Å². The van der Waals surface area contributed by atoms with Gasteiger partial charge in [0.1, 0.15) is 6.61 Å². The van der Waals surface area contributed by atoms with Gasteiger partial charge >= 0.3 is 12.3 Å². The summed E-state index contributed by atoms with van der Waals surface area (Å²) in [5.41, 5.74) is -2.23. The standard InChI is InChI=1S/C19H18ClF5N2O3/c20-14-3-12(1-2-13(14)19(23,24)25)18(21,22)4-10-7-27(8-10)15(28)11-5-17(6-11)9-30-16(29)26-17/h1-3,10-11H,4-9H2,(H,26,29). The van der Waals surface area contributed by atoms with Crippen LogP contribution in [0.2, 0.25) is 5.02 Å². The molecule has 2 amide bonds. The van der Waals surface area contributed by atoms with Gasteiger partial charge in [-0.25, -0.2) is 13.6 Å². The van der Waals surface area contributed by atoms with Crippen LogP contribution in [-0.2, 0) is 21.6 Å². The number of amides is 2. The van der Waals surface area contributed by atoms with Crippen LogP contribution in [0, 0.1) is 11.8 Å². The van der Waals surface area contributed by atoms with Gasteiger partial charge in [0, 0.05) is 36.9 Å². The van der Waals surface area contributed by atoms with E-state index in [4.69, 9.17) is 16.3 Å². The highest BCUT2D eigenvalue weighted by atomic mass is 35.5. The zero-order valence-electron chi connectivity index (χ0n) is 15.6. The predicted octanol–water partition coefficient (Wildman–Crippen LogP) is 4.19. The lowest BCUT2D eigenvalue weighted by atomic mass is 9.68. The molecule has 2 saturated heterocycles. The third-order valence-corrected chi connectivity index (χ3v) is 6.29. The summed E-state index contributed by atoms with van der Waals surface area (Å²) in [4.78, 5) is 25.1. The molecule has 2 heterocycles. The number of hydrogen-bond acceptors (Lipinski definition) is 3. The van der Waals surface area contributed by atoms with Crippen LogP contribution in [0.3, 0.4) is 0 Å². The number of halogens is 6. The van der Waals surface area contributed by atoms with E-state index in [1.54, 1.807) is 0 Å². The molecule has 3 fully saturated rings. The van der Waals surface area contributed by atoms with Crippen molar-refractivity contribution in [3.05, 3.63) is 34.3 Å². The fraction of sp³-hybridized carbons (Fsp3) is 0.579. The molecule has 164 valence electrons. The predicted molar refractivity (Wildman–Crippen MR) is 95.0 cm³/mol. The van der Waals surface area contributed by atoms with E-state index in [-0.39, 0.29) is 31.5 Å². The van der Waals surface area contributed by atoms with Crippen LogP contribution in [0.4, 0.5) is 26.7 Å². The van der Waals surface area contributed by atoms with Crippen LogP contribution < -0.4 is 5.32 Å². The quantitative estimate of drug-likeness (QED) is 0.697. The number of nitrogens with one attached hydrogen (secondary N) is 1. The highest BCUT2D eigenvalue weighted by Crippen LogP contribution is 2.44. The van der Waals surface area contributed by atoms with Crippen LogP contribution in [-0.4, -0.2) is 42.1 Å². The second-order valence-electron chi connectivity index (χ2n) is 8.30. The average molecular weight is 453 g/mol. The molecule has 2 aliphatic heterocycles. The van der Waals surface area contributed by atoms with Gasteiger partial charge in [-0.1, -0.05) is 17.7 Å². The lowest BCUT2D eigenvalue weighted by molar-refractivity contribution is -0.150. The summed E-state index contributed by atoms with van der Waals surface area (Å²) in [5, 5.41) is 1.92. The molecule has 1 saturated carbocycles. The molecule has 4 rings (SSSR count). The van der Waals surface area contributed by atoms with Crippen LogP contribution in [0.1, 0.15) is 30.4 Å². The molecule has 3 aliphatic rings. The first kappa shape index (κ1) is 21.1. The first-order valence-corrected chi connectivity index (χ1v) is 9.75. The maximum absolute atomic E-state index is 14.5. The largest absolute Gasteiger partial charge is 0.447 e. The van der Waals surface area contributed by atoms with Crippen molar-refractivity contribution in [2.24, 2.45) is 11.8 Å². The molecule has 5 nitrogen and oxygen atoms in total. The third kappa shape index (κ3) is 3.81.